The molecular weight excluding hydrogens is 722 g/mol. The monoisotopic (exact) mass is 771 g/mol. The number of carbonyl (C=O) groups excluding carboxylic acids is 3. The molecule has 2 aromatic heterocycles. The quantitative estimate of drug-likeness (QED) is 0.121. The van der Waals surface area contributed by atoms with Gasteiger partial charge in [0, 0.05) is 67.3 Å². The predicted molar refractivity (Wildman–Crippen MR) is 208 cm³/mol. The molecule has 2 aliphatic rings. The third-order valence-corrected chi connectivity index (χ3v) is 11.3. The van der Waals surface area contributed by atoms with Gasteiger partial charge in [0.2, 0.25) is 0 Å². The fraction of sp³-hybridized carbons (Fsp3) is 0.429. The van der Waals surface area contributed by atoms with Crippen molar-refractivity contribution in [2.75, 3.05) is 12.4 Å². The van der Waals surface area contributed by atoms with Crippen LogP contribution in [0.1, 0.15) is 64.4 Å². The van der Waals surface area contributed by atoms with Gasteiger partial charge in [-0.1, -0.05) is 52.0 Å². The molecule has 4 bridgehead atoms. The van der Waals surface area contributed by atoms with E-state index in [1.54, 1.807) is 81.6 Å². The van der Waals surface area contributed by atoms with Gasteiger partial charge in [-0.2, -0.15) is 0 Å². The third kappa shape index (κ3) is 6.75. The summed E-state index contributed by atoms with van der Waals surface area (Å²) >= 11 is 0. The van der Waals surface area contributed by atoms with Crippen molar-refractivity contribution in [3.63, 3.8) is 0 Å². The normalized spacial score (nSPS) is 31.2. The number of anilines is 1. The zero-order chi connectivity index (χ0) is 41.0. The number of hydrogen-bond acceptors (Lipinski definition) is 12. The number of aliphatic hydroxyl groups excluding tert-OH is 2. The van der Waals surface area contributed by atoms with Crippen LogP contribution in [0.3, 0.4) is 0 Å². The predicted octanol–water partition coefficient (Wildman–Crippen LogP) is 5.85. The van der Waals surface area contributed by atoms with Crippen molar-refractivity contribution in [2.24, 2.45) is 23.7 Å². The summed E-state index contributed by atoms with van der Waals surface area (Å²) < 4.78 is 25.4. The number of methoxy groups -OCH3 is 1. The number of Topliss-reactive ketones (excluding diaryl/α,β-unsaturated/α-hetero) is 1. The molecule has 0 unspecified atom stereocenters. The van der Waals surface area contributed by atoms with E-state index in [4.69, 9.17) is 23.9 Å². The van der Waals surface area contributed by atoms with Crippen LogP contribution in [0.15, 0.2) is 60.5 Å². The van der Waals surface area contributed by atoms with Crippen molar-refractivity contribution in [3.05, 3.63) is 71.7 Å². The molecule has 0 saturated heterocycles. The van der Waals surface area contributed by atoms with Gasteiger partial charge in [-0.15, -0.1) is 0 Å². The first-order chi connectivity index (χ1) is 26.4. The molecule has 0 fully saturated rings. The number of esters is 1. The number of fused-ring (bicyclic) bond motifs is 2. The topological polar surface area (TPSA) is 198 Å². The largest absolute Gasteiger partial charge is 0.507 e. The Balaban J connectivity index is 1.57. The molecule has 56 heavy (non-hydrogen) atoms. The molecule has 2 aromatic carbocycles. The number of phenols is 2. The number of imidazole rings is 1. The molecule has 0 aliphatic carbocycles. The number of aromatic hydroxyl groups is 2. The van der Waals surface area contributed by atoms with Crippen molar-refractivity contribution in [3.8, 4) is 17.2 Å². The molecule has 14 heteroatoms. The Labute approximate surface area is 324 Å². The lowest BCUT2D eigenvalue weighted by Crippen LogP contribution is -2.46. The van der Waals surface area contributed by atoms with Crippen LogP contribution in [0.2, 0.25) is 0 Å². The molecule has 0 saturated carbocycles. The molecule has 14 nitrogen and oxygen atoms in total. The van der Waals surface area contributed by atoms with Crippen LogP contribution in [0, 0.1) is 30.6 Å². The van der Waals surface area contributed by atoms with Gasteiger partial charge in [0.05, 0.1) is 35.5 Å². The Morgan fingerprint density at radius 3 is 2.38 bits per heavy atom. The number of aromatic nitrogens is 2. The summed E-state index contributed by atoms with van der Waals surface area (Å²) in [4.78, 5) is 45.4. The third-order valence-electron chi connectivity index (χ3n) is 11.3. The van der Waals surface area contributed by atoms with Gasteiger partial charge in [0.1, 0.15) is 40.0 Å². The van der Waals surface area contributed by atoms with Gasteiger partial charge >= 0.3 is 11.8 Å². The van der Waals surface area contributed by atoms with Gasteiger partial charge in [0.15, 0.2) is 5.75 Å². The van der Waals surface area contributed by atoms with Crippen molar-refractivity contribution in [1.82, 2.24) is 9.38 Å². The zero-order valence-corrected chi connectivity index (χ0v) is 32.9. The molecular formula is C42H49N3O11. The Morgan fingerprint density at radius 2 is 1.70 bits per heavy atom. The molecule has 9 atom stereocenters. The Hall–Kier alpha value is -5.44. The van der Waals surface area contributed by atoms with E-state index in [0.717, 1.165) is 0 Å². The number of allylic oxidation sites excluding steroid dienone is 2. The number of benzene rings is 2. The number of carbonyl (C=O) groups is 3. The Kier molecular flexibility index (Phi) is 11.0. The molecule has 2 aliphatic heterocycles. The highest BCUT2D eigenvalue weighted by Crippen LogP contribution is 2.54. The molecule has 6 rings (SSSR count). The van der Waals surface area contributed by atoms with E-state index in [-0.39, 0.29) is 55.7 Å². The molecule has 0 radical (unpaired) electrons. The summed E-state index contributed by atoms with van der Waals surface area (Å²) in [5.41, 5.74) is 1.27. The minimum Gasteiger partial charge on any atom is -0.507 e. The summed E-state index contributed by atoms with van der Waals surface area (Å²) in [7, 11) is 1.46. The SMILES string of the molecule is CO[C@H]1/C=C/O[C@@]2(C)Oc3c(C)c(O)c4c(O)c(c5c(nc6ccccn65)c4c3C2=O)NC(=O)/C(C)=C\C=C\[C@H](C)[C@H](O)[C@@H](C)[C@@H](O)[C@@H](C)[C@@H](OC(C)=O)[C@@H]1C. The van der Waals surface area contributed by atoms with E-state index < -0.39 is 77.3 Å². The Morgan fingerprint density at radius 1 is 0.982 bits per heavy atom. The number of phenolic OH excluding ortho intramolecular Hbond substituents is 2. The van der Waals surface area contributed by atoms with Crippen LogP contribution in [0.4, 0.5) is 5.69 Å². The van der Waals surface area contributed by atoms with Gasteiger partial charge in [-0.3, -0.25) is 18.8 Å². The summed E-state index contributed by atoms with van der Waals surface area (Å²) in [5.74, 6) is -6.96. The van der Waals surface area contributed by atoms with Crippen molar-refractivity contribution in [2.45, 2.75) is 85.6 Å². The van der Waals surface area contributed by atoms with E-state index >= 15 is 0 Å². The maximum absolute atomic E-state index is 14.5. The average Bonchev–Trinajstić information content (AvgIpc) is 3.68. The minimum atomic E-state index is -1.95. The minimum absolute atomic E-state index is 0.0169. The maximum Gasteiger partial charge on any atom is 0.312 e. The van der Waals surface area contributed by atoms with Crippen LogP contribution in [0.25, 0.3) is 27.5 Å². The fourth-order valence-electron chi connectivity index (χ4n) is 7.88. The number of ketones is 1. The number of hydrogen-bond donors (Lipinski definition) is 5. The summed E-state index contributed by atoms with van der Waals surface area (Å²) in [6.07, 6.45) is 5.58. The number of aliphatic hydroxyl groups is 2. The van der Waals surface area contributed by atoms with Crippen LogP contribution in [-0.4, -0.2) is 84.8 Å². The molecule has 4 aromatic rings. The summed E-state index contributed by atoms with van der Waals surface area (Å²) in [6, 6.07) is 5.24. The number of amides is 1. The lowest BCUT2D eigenvalue weighted by Gasteiger charge is -2.38. The second-order valence-electron chi connectivity index (χ2n) is 15.1. The smallest absolute Gasteiger partial charge is 0.312 e. The number of nitrogens with one attached hydrogen (secondary N) is 1. The van der Waals surface area contributed by atoms with Crippen LogP contribution >= 0.6 is 0 Å². The number of pyridine rings is 1. The number of rotatable bonds is 2. The van der Waals surface area contributed by atoms with Crippen LogP contribution in [-0.2, 0) is 23.8 Å². The highest BCUT2D eigenvalue weighted by Gasteiger charge is 2.49. The van der Waals surface area contributed by atoms with Crippen molar-refractivity contribution in [1.29, 1.82) is 0 Å². The molecule has 1 amide bonds. The standard InChI is InChI=1S/C42H49N3O11/c1-19-13-12-14-20(2)41(52)44-32-33-31(43-27-15-10-11-17-45(27)33)28-29(37(32)50)36(49)24(6)39-30(28)40(51)42(8,56-39)54-18-16-26(53-9)21(3)38(55-25(7)46)23(5)35(48)22(4)34(19)47/h10-19,21-23,26,34-35,38,47-50H,1-9H3,(H,44,52)/b13-12+,18-16+,20-14-/t19-,21+,22+,23+,26-,34-,35+,38-,42-/m0/s1. The summed E-state index contributed by atoms with van der Waals surface area (Å²) in [6.45, 7) is 12.8. The van der Waals surface area contributed by atoms with Crippen molar-refractivity contribution >= 4 is 50.8 Å². The fourth-order valence-corrected chi connectivity index (χ4v) is 7.88. The second kappa shape index (κ2) is 15.2. The first kappa shape index (κ1) is 40.2. The van der Waals surface area contributed by atoms with Gasteiger partial charge in [-0.05, 0) is 32.1 Å². The molecule has 298 valence electrons. The zero-order valence-electron chi connectivity index (χ0n) is 32.9. The van der Waals surface area contributed by atoms with Crippen molar-refractivity contribution < 1.29 is 53.8 Å². The van der Waals surface area contributed by atoms with Gasteiger partial charge < -0.3 is 44.7 Å². The lowest BCUT2D eigenvalue weighted by molar-refractivity contribution is -0.160. The number of ether oxygens (including phenoxy) is 4. The molecule has 5 N–H and O–H groups in total. The van der Waals surface area contributed by atoms with Crippen LogP contribution in [0.5, 0.6) is 17.2 Å². The van der Waals surface area contributed by atoms with Gasteiger partial charge in [-0.25, -0.2) is 4.98 Å². The first-order valence-electron chi connectivity index (χ1n) is 18.5. The maximum atomic E-state index is 14.5. The van der Waals surface area contributed by atoms with E-state index in [0.29, 0.717) is 5.65 Å². The second-order valence-corrected chi connectivity index (χ2v) is 15.1. The Bertz CT molecular complexity index is 2330. The summed E-state index contributed by atoms with van der Waals surface area (Å²) in [5, 5.41) is 49.2. The molecule has 4 heterocycles. The molecule has 0 spiro atoms. The van der Waals surface area contributed by atoms with E-state index in [1.807, 2.05) is 0 Å². The number of nitrogens with zero attached hydrogens (tertiary/aromatic N) is 2. The lowest BCUT2D eigenvalue weighted by atomic mass is 9.78. The first-order valence-corrected chi connectivity index (χ1v) is 18.5. The highest BCUT2D eigenvalue weighted by atomic mass is 16.7. The average molecular weight is 772 g/mol. The van der Waals surface area contributed by atoms with Crippen LogP contribution < -0.4 is 10.1 Å². The van der Waals surface area contributed by atoms with E-state index in [9.17, 15) is 34.8 Å². The van der Waals surface area contributed by atoms with E-state index in [2.05, 4.69) is 5.32 Å². The van der Waals surface area contributed by atoms with E-state index in [1.165, 1.54) is 40.2 Å². The van der Waals surface area contributed by atoms with Gasteiger partial charge in [0.25, 0.3) is 11.7 Å². The highest BCUT2D eigenvalue weighted by molar-refractivity contribution is 6.28.